The Balaban J connectivity index is 2.59. The van der Waals surface area contributed by atoms with E-state index in [1.165, 1.54) is 16.7 Å². The molecule has 0 saturated heterocycles. The van der Waals surface area contributed by atoms with E-state index in [1.807, 2.05) is 12.1 Å². The highest BCUT2D eigenvalue weighted by molar-refractivity contribution is 6.31. The van der Waals surface area contributed by atoms with Gasteiger partial charge >= 0.3 is 0 Å². The van der Waals surface area contributed by atoms with Crippen molar-refractivity contribution in [3.05, 3.63) is 39.9 Å². The molecule has 0 aromatic heterocycles. The standard InChI is InChI=1S/C10H9Cl/c1-7-5-8-3-2-4-10(11)9(8)6-7/h2-5H,6H2,1H3. The minimum Gasteiger partial charge on any atom is -0.0840 e. The molecule has 1 aromatic rings. The van der Waals surface area contributed by atoms with Crippen LogP contribution in [0.25, 0.3) is 6.08 Å². The maximum atomic E-state index is 6.00. The molecule has 1 aliphatic rings. The van der Waals surface area contributed by atoms with Crippen molar-refractivity contribution in [3.8, 4) is 0 Å². The van der Waals surface area contributed by atoms with Gasteiger partial charge in [0.2, 0.25) is 0 Å². The van der Waals surface area contributed by atoms with Crippen molar-refractivity contribution in [1.29, 1.82) is 0 Å². The average molecular weight is 165 g/mol. The number of hydrogen-bond donors (Lipinski definition) is 0. The zero-order valence-corrected chi connectivity index (χ0v) is 7.15. The molecule has 0 amide bonds. The molecule has 1 heteroatoms. The molecule has 0 bridgehead atoms. The van der Waals surface area contributed by atoms with E-state index >= 15 is 0 Å². The third-order valence-corrected chi connectivity index (χ3v) is 2.37. The molecule has 0 unspecified atom stereocenters. The summed E-state index contributed by atoms with van der Waals surface area (Å²) in [5.41, 5.74) is 3.97. The van der Waals surface area contributed by atoms with Crippen LogP contribution in [0.2, 0.25) is 5.02 Å². The summed E-state index contributed by atoms with van der Waals surface area (Å²) >= 11 is 6.00. The molecule has 0 fully saturated rings. The molecule has 0 heterocycles. The Labute approximate surface area is 71.5 Å². The summed E-state index contributed by atoms with van der Waals surface area (Å²) in [7, 11) is 0. The van der Waals surface area contributed by atoms with Gasteiger partial charge in [0.15, 0.2) is 0 Å². The molecule has 0 atom stereocenters. The Kier molecular flexibility index (Phi) is 1.50. The zero-order valence-electron chi connectivity index (χ0n) is 6.39. The molecule has 1 aliphatic carbocycles. The van der Waals surface area contributed by atoms with Gasteiger partial charge in [0.05, 0.1) is 0 Å². The summed E-state index contributed by atoms with van der Waals surface area (Å²) in [5.74, 6) is 0. The maximum absolute atomic E-state index is 6.00. The normalized spacial score (nSPS) is 14.5. The van der Waals surface area contributed by atoms with Crippen LogP contribution in [-0.4, -0.2) is 0 Å². The minimum atomic E-state index is 0.899. The highest BCUT2D eigenvalue weighted by Crippen LogP contribution is 2.29. The van der Waals surface area contributed by atoms with Crippen molar-refractivity contribution in [2.75, 3.05) is 0 Å². The fourth-order valence-corrected chi connectivity index (χ4v) is 1.74. The van der Waals surface area contributed by atoms with E-state index in [0.29, 0.717) is 0 Å². The van der Waals surface area contributed by atoms with Crippen LogP contribution >= 0.6 is 11.6 Å². The highest BCUT2D eigenvalue weighted by atomic mass is 35.5. The fraction of sp³-hybridized carbons (Fsp3) is 0.200. The van der Waals surface area contributed by atoms with Gasteiger partial charge in [-0.25, -0.2) is 0 Å². The number of halogens is 1. The largest absolute Gasteiger partial charge is 0.0840 e. The van der Waals surface area contributed by atoms with Crippen molar-refractivity contribution >= 4 is 17.7 Å². The van der Waals surface area contributed by atoms with Crippen molar-refractivity contribution in [3.63, 3.8) is 0 Å². The van der Waals surface area contributed by atoms with Gasteiger partial charge in [-0.2, -0.15) is 0 Å². The number of allylic oxidation sites excluding steroid dienone is 1. The summed E-state index contributed by atoms with van der Waals surface area (Å²) in [6, 6.07) is 6.06. The van der Waals surface area contributed by atoms with Crippen LogP contribution in [0.4, 0.5) is 0 Å². The van der Waals surface area contributed by atoms with Gasteiger partial charge < -0.3 is 0 Å². The van der Waals surface area contributed by atoms with Crippen LogP contribution in [0.3, 0.4) is 0 Å². The summed E-state index contributed by atoms with van der Waals surface area (Å²) in [5, 5.41) is 0.899. The first-order valence-corrected chi connectivity index (χ1v) is 4.10. The van der Waals surface area contributed by atoms with Gasteiger partial charge in [-0.1, -0.05) is 35.4 Å². The first-order valence-electron chi connectivity index (χ1n) is 3.72. The number of fused-ring (bicyclic) bond motifs is 1. The van der Waals surface area contributed by atoms with E-state index in [-0.39, 0.29) is 0 Å². The van der Waals surface area contributed by atoms with Gasteiger partial charge in [-0.15, -0.1) is 0 Å². The fourth-order valence-electron chi connectivity index (χ4n) is 1.49. The lowest BCUT2D eigenvalue weighted by Gasteiger charge is -1.99. The van der Waals surface area contributed by atoms with E-state index in [1.54, 1.807) is 0 Å². The summed E-state index contributed by atoms with van der Waals surface area (Å²) in [4.78, 5) is 0. The first kappa shape index (κ1) is 6.93. The van der Waals surface area contributed by atoms with Crippen molar-refractivity contribution in [1.82, 2.24) is 0 Å². The Morgan fingerprint density at radius 2 is 2.18 bits per heavy atom. The maximum Gasteiger partial charge on any atom is 0.0447 e. The Morgan fingerprint density at radius 3 is 2.91 bits per heavy atom. The molecule has 0 spiro atoms. The molecule has 0 radical (unpaired) electrons. The lowest BCUT2D eigenvalue weighted by molar-refractivity contribution is 1.20. The summed E-state index contributed by atoms with van der Waals surface area (Å²) < 4.78 is 0. The van der Waals surface area contributed by atoms with Gasteiger partial charge in [0, 0.05) is 5.02 Å². The van der Waals surface area contributed by atoms with Crippen LogP contribution in [0, 0.1) is 0 Å². The predicted octanol–water partition coefficient (Wildman–Crippen LogP) is 3.30. The Hall–Kier alpha value is -0.750. The van der Waals surface area contributed by atoms with Gasteiger partial charge in [-0.05, 0) is 30.5 Å². The van der Waals surface area contributed by atoms with Crippen LogP contribution in [0.1, 0.15) is 18.1 Å². The second kappa shape index (κ2) is 2.38. The van der Waals surface area contributed by atoms with Crippen molar-refractivity contribution in [2.24, 2.45) is 0 Å². The number of rotatable bonds is 0. The first-order chi connectivity index (χ1) is 5.27. The van der Waals surface area contributed by atoms with Crippen LogP contribution < -0.4 is 0 Å². The van der Waals surface area contributed by atoms with E-state index in [2.05, 4.69) is 19.1 Å². The topological polar surface area (TPSA) is 0 Å². The molecule has 0 N–H and O–H groups in total. The predicted molar refractivity (Wildman–Crippen MR) is 48.8 cm³/mol. The highest BCUT2D eigenvalue weighted by Gasteiger charge is 2.11. The molecule has 0 nitrogen and oxygen atoms in total. The lowest BCUT2D eigenvalue weighted by atomic mass is 10.1. The molecule has 0 aliphatic heterocycles. The lowest BCUT2D eigenvalue weighted by Crippen LogP contribution is -1.82. The molecular formula is C10H9Cl. The number of hydrogen-bond acceptors (Lipinski definition) is 0. The molecule has 0 saturated carbocycles. The monoisotopic (exact) mass is 164 g/mol. The zero-order chi connectivity index (χ0) is 7.84. The average Bonchev–Trinajstić information content (AvgIpc) is 2.31. The molecule has 11 heavy (non-hydrogen) atoms. The van der Waals surface area contributed by atoms with Crippen molar-refractivity contribution in [2.45, 2.75) is 13.3 Å². The Bertz CT molecular complexity index is 324. The molecular weight excluding hydrogens is 156 g/mol. The molecule has 1 aromatic carbocycles. The van der Waals surface area contributed by atoms with Crippen LogP contribution in [0.15, 0.2) is 23.8 Å². The Morgan fingerprint density at radius 1 is 1.36 bits per heavy atom. The number of benzene rings is 1. The van der Waals surface area contributed by atoms with Crippen LogP contribution in [0.5, 0.6) is 0 Å². The third kappa shape index (κ3) is 1.08. The second-order valence-corrected chi connectivity index (χ2v) is 3.38. The van der Waals surface area contributed by atoms with E-state index in [0.717, 1.165) is 11.4 Å². The SMILES string of the molecule is CC1=Cc2cccc(Cl)c2C1. The van der Waals surface area contributed by atoms with Crippen LogP contribution in [-0.2, 0) is 6.42 Å². The second-order valence-electron chi connectivity index (χ2n) is 2.98. The summed E-state index contributed by atoms with van der Waals surface area (Å²) in [6.07, 6.45) is 3.22. The smallest absolute Gasteiger partial charge is 0.0447 e. The third-order valence-electron chi connectivity index (χ3n) is 2.01. The van der Waals surface area contributed by atoms with E-state index < -0.39 is 0 Å². The minimum absolute atomic E-state index is 0.899. The van der Waals surface area contributed by atoms with Gasteiger partial charge in [0.1, 0.15) is 0 Å². The van der Waals surface area contributed by atoms with Crippen molar-refractivity contribution < 1.29 is 0 Å². The molecule has 56 valence electrons. The van der Waals surface area contributed by atoms with Gasteiger partial charge in [-0.3, -0.25) is 0 Å². The van der Waals surface area contributed by atoms with Gasteiger partial charge in [0.25, 0.3) is 0 Å². The van der Waals surface area contributed by atoms with E-state index in [9.17, 15) is 0 Å². The van der Waals surface area contributed by atoms with E-state index in [4.69, 9.17) is 11.6 Å². The quantitative estimate of drug-likeness (QED) is 0.552. The molecule has 2 rings (SSSR count). The summed E-state index contributed by atoms with van der Waals surface area (Å²) in [6.45, 7) is 2.14.